The van der Waals surface area contributed by atoms with Crippen LogP contribution >= 0.6 is 24.0 Å². The minimum Gasteiger partial charge on any atom is -0.381 e. The van der Waals surface area contributed by atoms with E-state index in [0.717, 1.165) is 74.9 Å². The Kier molecular flexibility index (Phi) is 8.64. The predicted octanol–water partition coefficient (Wildman–Crippen LogP) is 3.05. The second-order valence-corrected chi connectivity index (χ2v) is 6.65. The van der Waals surface area contributed by atoms with E-state index in [2.05, 4.69) is 40.2 Å². The van der Waals surface area contributed by atoms with Crippen molar-refractivity contribution < 1.29 is 4.74 Å². The highest BCUT2D eigenvalue weighted by Crippen LogP contribution is 2.13. The Balaban J connectivity index is 0.00000243. The van der Waals surface area contributed by atoms with Gasteiger partial charge in [0, 0.05) is 45.6 Å². The molecular formula is C19H30IN5O. The lowest BCUT2D eigenvalue weighted by molar-refractivity contribution is 0.181. The van der Waals surface area contributed by atoms with Crippen LogP contribution < -0.4 is 5.32 Å². The number of aryl methyl sites for hydroxylation is 1. The van der Waals surface area contributed by atoms with Crippen molar-refractivity contribution in [3.8, 4) is 0 Å². The third kappa shape index (κ3) is 5.84. The van der Waals surface area contributed by atoms with Gasteiger partial charge in [0.25, 0.3) is 0 Å². The standard InChI is InChI=1S/C19H29N5O.HI/c1-3-20-19(24(2)13-15-10-12-25-14-15)21-11-6-9-18-22-16-7-4-5-8-17(16)23-18;/h4-5,7-8,15H,3,6,9-14H2,1-2H3,(H,20,21)(H,22,23);1H. The van der Waals surface area contributed by atoms with E-state index in [-0.39, 0.29) is 24.0 Å². The summed E-state index contributed by atoms with van der Waals surface area (Å²) < 4.78 is 5.47. The number of guanidine groups is 1. The Labute approximate surface area is 172 Å². The van der Waals surface area contributed by atoms with Gasteiger partial charge in [0.2, 0.25) is 0 Å². The number of aliphatic imine (C=N–C) groups is 1. The molecule has 0 amide bonds. The van der Waals surface area contributed by atoms with Gasteiger partial charge in [-0.1, -0.05) is 12.1 Å². The maximum atomic E-state index is 5.47. The van der Waals surface area contributed by atoms with Crippen molar-refractivity contribution in [1.29, 1.82) is 0 Å². The number of hydrogen-bond donors (Lipinski definition) is 2. The van der Waals surface area contributed by atoms with Crippen molar-refractivity contribution in [3.63, 3.8) is 0 Å². The zero-order valence-corrected chi connectivity index (χ0v) is 18.0. The quantitative estimate of drug-likeness (QED) is 0.282. The zero-order valence-electron chi connectivity index (χ0n) is 15.7. The summed E-state index contributed by atoms with van der Waals surface area (Å²) in [6, 6.07) is 8.15. The van der Waals surface area contributed by atoms with Gasteiger partial charge in [0.15, 0.2) is 5.96 Å². The average Bonchev–Trinajstić information content (AvgIpc) is 3.26. The van der Waals surface area contributed by atoms with Crippen molar-refractivity contribution in [2.75, 3.05) is 39.9 Å². The second kappa shape index (κ2) is 10.7. The summed E-state index contributed by atoms with van der Waals surface area (Å²) in [5.41, 5.74) is 2.14. The Morgan fingerprint density at radius 2 is 2.27 bits per heavy atom. The number of fused-ring (bicyclic) bond motifs is 1. The largest absolute Gasteiger partial charge is 0.381 e. The zero-order chi connectivity index (χ0) is 17.5. The van der Waals surface area contributed by atoms with Crippen LogP contribution in [0.2, 0.25) is 0 Å². The van der Waals surface area contributed by atoms with Gasteiger partial charge in [0.1, 0.15) is 5.82 Å². The van der Waals surface area contributed by atoms with E-state index in [1.54, 1.807) is 0 Å². The number of ether oxygens (including phenoxy) is 1. The lowest BCUT2D eigenvalue weighted by atomic mass is 10.1. The van der Waals surface area contributed by atoms with Crippen LogP contribution in [0.4, 0.5) is 0 Å². The number of imidazole rings is 1. The first kappa shape index (κ1) is 21.0. The molecule has 3 rings (SSSR count). The molecule has 26 heavy (non-hydrogen) atoms. The Morgan fingerprint density at radius 3 is 3.00 bits per heavy atom. The summed E-state index contributed by atoms with van der Waals surface area (Å²) in [6.07, 6.45) is 3.04. The van der Waals surface area contributed by atoms with Crippen LogP contribution in [0.3, 0.4) is 0 Å². The average molecular weight is 471 g/mol. The third-order valence-electron chi connectivity index (χ3n) is 4.52. The fraction of sp³-hybridized carbons (Fsp3) is 0.579. The van der Waals surface area contributed by atoms with Crippen LogP contribution in [0.15, 0.2) is 29.3 Å². The highest BCUT2D eigenvalue weighted by atomic mass is 127. The monoisotopic (exact) mass is 471 g/mol. The molecule has 0 radical (unpaired) electrons. The molecule has 1 saturated heterocycles. The number of rotatable bonds is 7. The molecule has 144 valence electrons. The number of benzene rings is 1. The van der Waals surface area contributed by atoms with E-state index >= 15 is 0 Å². The molecule has 1 atom stereocenters. The molecule has 2 N–H and O–H groups in total. The normalized spacial score (nSPS) is 17.3. The van der Waals surface area contributed by atoms with Crippen molar-refractivity contribution in [2.24, 2.45) is 10.9 Å². The van der Waals surface area contributed by atoms with Gasteiger partial charge in [-0.05, 0) is 31.9 Å². The molecule has 6 nitrogen and oxygen atoms in total. The summed E-state index contributed by atoms with van der Waals surface area (Å²) in [5, 5.41) is 3.39. The van der Waals surface area contributed by atoms with Gasteiger partial charge < -0.3 is 19.9 Å². The van der Waals surface area contributed by atoms with Crippen molar-refractivity contribution in [2.45, 2.75) is 26.2 Å². The lowest BCUT2D eigenvalue weighted by Crippen LogP contribution is -2.41. The van der Waals surface area contributed by atoms with E-state index in [1.807, 2.05) is 18.2 Å². The van der Waals surface area contributed by atoms with Gasteiger partial charge >= 0.3 is 0 Å². The van der Waals surface area contributed by atoms with E-state index in [4.69, 9.17) is 9.73 Å². The molecule has 0 aliphatic carbocycles. The van der Waals surface area contributed by atoms with Gasteiger partial charge in [-0.25, -0.2) is 4.98 Å². The van der Waals surface area contributed by atoms with Crippen LogP contribution in [-0.4, -0.2) is 60.7 Å². The first-order chi connectivity index (χ1) is 12.3. The predicted molar refractivity (Wildman–Crippen MR) is 117 cm³/mol. The Bertz CT molecular complexity index is 663. The third-order valence-corrected chi connectivity index (χ3v) is 4.52. The lowest BCUT2D eigenvalue weighted by Gasteiger charge is -2.24. The van der Waals surface area contributed by atoms with Gasteiger partial charge in [-0.15, -0.1) is 24.0 Å². The molecule has 0 saturated carbocycles. The molecule has 1 fully saturated rings. The maximum absolute atomic E-state index is 5.47. The summed E-state index contributed by atoms with van der Waals surface area (Å²) >= 11 is 0. The first-order valence-corrected chi connectivity index (χ1v) is 9.27. The molecule has 2 aromatic rings. The molecule has 1 aliphatic rings. The molecule has 7 heteroatoms. The summed E-state index contributed by atoms with van der Waals surface area (Å²) in [4.78, 5) is 15.0. The molecule has 0 spiro atoms. The van der Waals surface area contributed by atoms with Crippen LogP contribution in [-0.2, 0) is 11.2 Å². The number of nitrogens with one attached hydrogen (secondary N) is 2. The SMILES string of the molecule is CCNC(=NCCCc1nc2ccccc2[nH]1)N(C)CC1CCOC1.I. The van der Waals surface area contributed by atoms with Crippen molar-refractivity contribution in [3.05, 3.63) is 30.1 Å². The van der Waals surface area contributed by atoms with E-state index in [9.17, 15) is 0 Å². The van der Waals surface area contributed by atoms with Crippen LogP contribution in [0.1, 0.15) is 25.6 Å². The maximum Gasteiger partial charge on any atom is 0.193 e. The summed E-state index contributed by atoms with van der Waals surface area (Å²) in [7, 11) is 2.11. The minimum absolute atomic E-state index is 0. The topological polar surface area (TPSA) is 65.5 Å². The van der Waals surface area contributed by atoms with Gasteiger partial charge in [-0.2, -0.15) is 0 Å². The number of nitrogens with zero attached hydrogens (tertiary/aromatic N) is 3. The van der Waals surface area contributed by atoms with Gasteiger partial charge in [0.05, 0.1) is 17.6 Å². The van der Waals surface area contributed by atoms with Gasteiger partial charge in [-0.3, -0.25) is 4.99 Å². The Hall–Kier alpha value is -1.35. The first-order valence-electron chi connectivity index (χ1n) is 9.27. The van der Waals surface area contributed by atoms with Crippen molar-refractivity contribution in [1.82, 2.24) is 20.2 Å². The fourth-order valence-electron chi connectivity index (χ4n) is 3.23. The van der Waals surface area contributed by atoms with Crippen LogP contribution in [0.5, 0.6) is 0 Å². The van der Waals surface area contributed by atoms with E-state index in [0.29, 0.717) is 5.92 Å². The minimum atomic E-state index is 0. The summed E-state index contributed by atoms with van der Waals surface area (Å²) in [6.45, 7) is 6.55. The number of hydrogen-bond acceptors (Lipinski definition) is 3. The number of para-hydroxylation sites is 2. The highest BCUT2D eigenvalue weighted by Gasteiger charge is 2.18. The number of H-pyrrole nitrogens is 1. The number of aromatic nitrogens is 2. The highest BCUT2D eigenvalue weighted by molar-refractivity contribution is 14.0. The molecular weight excluding hydrogens is 441 g/mol. The van der Waals surface area contributed by atoms with Crippen LogP contribution in [0, 0.1) is 5.92 Å². The Morgan fingerprint density at radius 1 is 1.42 bits per heavy atom. The second-order valence-electron chi connectivity index (χ2n) is 6.65. The van der Waals surface area contributed by atoms with E-state index in [1.165, 1.54) is 0 Å². The summed E-state index contributed by atoms with van der Waals surface area (Å²) in [5.74, 6) is 2.64. The molecule has 1 aliphatic heterocycles. The molecule has 0 bridgehead atoms. The molecule has 1 unspecified atom stereocenters. The van der Waals surface area contributed by atoms with E-state index < -0.39 is 0 Å². The molecule has 1 aromatic carbocycles. The molecule has 2 heterocycles. The molecule has 1 aromatic heterocycles. The number of aromatic amines is 1. The van der Waals surface area contributed by atoms with Crippen molar-refractivity contribution >= 4 is 41.0 Å². The fourth-order valence-corrected chi connectivity index (χ4v) is 3.23. The number of halogens is 1. The smallest absolute Gasteiger partial charge is 0.193 e. The van der Waals surface area contributed by atoms with Crippen LogP contribution in [0.25, 0.3) is 11.0 Å².